The molecule has 17 rings (SSSR count). The number of aryl methyl sites for hydroxylation is 8. The fraction of sp³-hybridized carbons (Fsp3) is 0.446. The average Bonchev–Trinajstić information content (AvgIpc) is 1.61. The minimum Gasteiger partial charge on any atom is -0.481 e. The summed E-state index contributed by atoms with van der Waals surface area (Å²) < 4.78 is 47.9. The number of carbonyl (C=O) groups excluding carboxylic acids is 11. The van der Waals surface area contributed by atoms with Gasteiger partial charge in [0.25, 0.3) is 5.97 Å². The maximum atomic E-state index is 14.6. The average molecular weight is 2010 g/mol. The number of primary amides is 2. The second-order valence-electron chi connectivity index (χ2n) is 39.0. The van der Waals surface area contributed by atoms with E-state index in [2.05, 4.69) is 69.8 Å². The van der Waals surface area contributed by atoms with Crippen molar-refractivity contribution >= 4 is 104 Å². The van der Waals surface area contributed by atoms with Crippen LogP contribution >= 0.6 is 0 Å². The summed E-state index contributed by atoms with van der Waals surface area (Å²) in [4.78, 5) is 180. The standard InChI is InChI=1S/C63H70N6O11.C47H59N7O9.C2H4O2/c1-39(79-37-42-20-18-40(19-21-42)10-8-30-77-32-33-78-31-9-11-41-22-26-52-54(34-41)67(2)63(76)68(52)53-27-29-57(71)66-60(53)73)51(25-28-56(64)70)65-61(74)55-35-44-13-7-12-43-23-24-45(62(75)69(55)59(43)44)36-58(72)80-38-50-48-16-5-3-14-46(48)47-15-4-6-17-49(47)50;1-29(36(17-20-41(49)55)50-45(58)40-27-34-9-3-8-33-15-16-35(48)46(59)54(40)43(33)34)63-28-32-12-10-30(11-13-32)6-4-22-61-24-25-62-23-5-7-31-14-18-37-39(26-31)52(2)47(60)53(37)38-19-21-42(56)51-44(38)57;1-2(3)4/h3-7,12-22,26,34,39,45,50-51,53,55H,8-11,23-25,27-33,35-38H2,1-2H3,(H2,64,70)(H,65,74)(H,66,71,73);3,8-14,18,26,29,35-36,38,40H,4-7,15-17,19-25,27-28,48H2,1-2H3,(H2,49,55)(H,50,58)(H,51,56,57);1H3,(H,3,4)/t39-,45-,51+,53?,55+;29-,35+,36+,38?,40+;/m11./s1. The number of imide groups is 2. The molecule has 10 atom stereocenters. The Morgan fingerprint density at radius 1 is 0.449 bits per heavy atom. The van der Waals surface area contributed by atoms with Gasteiger partial charge >= 0.3 is 17.3 Å². The molecule has 2 aromatic heterocycles. The molecule has 0 radical (unpaired) electrons. The highest BCUT2D eigenvalue weighted by atomic mass is 16.5. The van der Waals surface area contributed by atoms with E-state index in [1.165, 1.54) is 14.7 Å². The highest BCUT2D eigenvalue weighted by Crippen LogP contribution is 2.46. The largest absolute Gasteiger partial charge is 0.481 e. The van der Waals surface area contributed by atoms with Crippen molar-refractivity contribution in [1.82, 2.24) is 39.5 Å². The first-order valence-electron chi connectivity index (χ1n) is 51.1. The van der Waals surface area contributed by atoms with Crippen molar-refractivity contribution in [3.05, 3.63) is 258 Å². The van der Waals surface area contributed by atoms with Crippen molar-refractivity contribution in [2.24, 2.45) is 37.2 Å². The van der Waals surface area contributed by atoms with Crippen LogP contribution in [0.3, 0.4) is 0 Å². The van der Waals surface area contributed by atoms with Crippen LogP contribution in [0.2, 0.25) is 0 Å². The van der Waals surface area contributed by atoms with E-state index in [-0.39, 0.29) is 104 Å². The molecular weight excluding hydrogens is 1880 g/mol. The van der Waals surface area contributed by atoms with Gasteiger partial charge in [-0.25, -0.2) is 9.59 Å². The lowest BCUT2D eigenvalue weighted by Crippen LogP contribution is -2.55. The van der Waals surface area contributed by atoms with Crippen LogP contribution in [0.25, 0.3) is 33.2 Å². The van der Waals surface area contributed by atoms with E-state index in [0.29, 0.717) is 128 Å². The molecular formula is C112H133N13O22. The predicted molar refractivity (Wildman–Crippen MR) is 549 cm³/mol. The molecule has 0 saturated carbocycles. The molecule has 8 heterocycles. The van der Waals surface area contributed by atoms with E-state index < -0.39 is 96.0 Å². The number of ether oxygens (including phenoxy) is 7. The van der Waals surface area contributed by atoms with Gasteiger partial charge in [0.15, 0.2) is 0 Å². The van der Waals surface area contributed by atoms with Crippen molar-refractivity contribution < 1.29 is 95.8 Å². The third-order valence-electron chi connectivity index (χ3n) is 28.7. The zero-order valence-electron chi connectivity index (χ0n) is 84.0. The number of rotatable bonds is 46. The number of carboxylic acids is 1. The number of aromatic nitrogens is 4. The number of carbonyl (C=O) groups is 12. The number of nitrogens with two attached hydrogens (primary N) is 3. The molecule has 7 aliphatic rings. The third kappa shape index (κ3) is 26.7. The maximum absolute atomic E-state index is 14.6. The van der Waals surface area contributed by atoms with Gasteiger partial charge in [-0.1, -0.05) is 146 Å². The van der Waals surface area contributed by atoms with Gasteiger partial charge in [-0.15, -0.1) is 0 Å². The lowest BCUT2D eigenvalue weighted by molar-refractivity contribution is -0.147. The first kappa shape index (κ1) is 107. The number of aliphatic carboxylic acids is 1. The Balaban J connectivity index is 0.000000218. The molecule has 35 nitrogen and oxygen atoms in total. The molecule has 1 aliphatic carbocycles. The van der Waals surface area contributed by atoms with Crippen LogP contribution in [-0.4, -0.2) is 196 Å². The number of esters is 1. The van der Waals surface area contributed by atoms with Crippen LogP contribution < -0.4 is 59.6 Å². The monoisotopic (exact) mass is 2010 g/mol. The molecule has 2 saturated heterocycles. The molecule has 147 heavy (non-hydrogen) atoms. The van der Waals surface area contributed by atoms with Gasteiger partial charge in [0.2, 0.25) is 59.1 Å². The molecule has 35 heteroatoms. The summed E-state index contributed by atoms with van der Waals surface area (Å²) in [6.07, 6.45) is 9.96. The molecule has 11 N–H and O–H groups in total. The van der Waals surface area contributed by atoms with Crippen LogP contribution in [0.5, 0.6) is 0 Å². The van der Waals surface area contributed by atoms with Crippen LogP contribution in [0.4, 0.5) is 11.4 Å². The highest BCUT2D eigenvalue weighted by Gasteiger charge is 2.47. The molecule has 778 valence electrons. The van der Waals surface area contributed by atoms with Crippen molar-refractivity contribution in [2.75, 3.05) is 69.3 Å². The third-order valence-corrected chi connectivity index (χ3v) is 28.7. The molecule has 10 amide bonds. The molecule has 0 bridgehead atoms. The zero-order chi connectivity index (χ0) is 104. The summed E-state index contributed by atoms with van der Waals surface area (Å²) in [6, 6.07) is 51.2. The number of nitrogens with zero attached hydrogens (tertiary/aromatic N) is 6. The van der Waals surface area contributed by atoms with Crippen molar-refractivity contribution in [2.45, 2.75) is 242 Å². The van der Waals surface area contributed by atoms with Gasteiger partial charge in [-0.2, -0.15) is 0 Å². The Hall–Kier alpha value is -13.9. The molecule has 8 aromatic carbocycles. The van der Waals surface area contributed by atoms with Gasteiger partial charge in [0.1, 0.15) is 30.8 Å². The Labute approximate surface area is 852 Å². The number of hydrogen-bond donors (Lipinski definition) is 8. The summed E-state index contributed by atoms with van der Waals surface area (Å²) in [5.74, 6) is -5.80. The van der Waals surface area contributed by atoms with Crippen molar-refractivity contribution in [3.8, 4) is 11.1 Å². The summed E-state index contributed by atoms with van der Waals surface area (Å²) in [5, 5.41) is 18.3. The Morgan fingerprint density at radius 2 is 0.830 bits per heavy atom. The number of benzene rings is 8. The first-order valence-corrected chi connectivity index (χ1v) is 51.1. The molecule has 2 fully saturated rings. The number of anilines is 2. The smallest absolute Gasteiger partial charge is 0.329 e. The van der Waals surface area contributed by atoms with Crippen LogP contribution in [-0.2, 0) is 169 Å². The predicted octanol–water partition coefficient (Wildman–Crippen LogP) is 9.73. The van der Waals surface area contributed by atoms with Gasteiger partial charge in [0, 0.05) is 97.8 Å². The topological polar surface area (TPSA) is 476 Å². The summed E-state index contributed by atoms with van der Waals surface area (Å²) >= 11 is 0. The number of nitrogens with one attached hydrogen (secondary N) is 4. The van der Waals surface area contributed by atoms with Gasteiger partial charge in [-0.05, 0) is 219 Å². The number of para-hydroxylation sites is 2. The number of carboxylic acid groups (broad SMARTS) is 1. The first-order chi connectivity index (χ1) is 70.9. The lowest BCUT2D eigenvalue weighted by atomic mass is 9.95. The highest BCUT2D eigenvalue weighted by molar-refractivity contribution is 6.08. The zero-order valence-corrected chi connectivity index (χ0v) is 84.0. The van der Waals surface area contributed by atoms with Gasteiger partial charge in [-0.3, -0.25) is 96.2 Å². The van der Waals surface area contributed by atoms with E-state index in [4.69, 9.17) is 60.3 Å². The second-order valence-corrected chi connectivity index (χ2v) is 39.0. The number of amides is 10. The minimum absolute atomic E-state index is 0.0301. The molecule has 2 unspecified atom stereocenters. The van der Waals surface area contributed by atoms with E-state index in [9.17, 15) is 62.3 Å². The Morgan fingerprint density at radius 3 is 1.24 bits per heavy atom. The van der Waals surface area contributed by atoms with Crippen LogP contribution in [0.15, 0.2) is 179 Å². The van der Waals surface area contributed by atoms with Crippen molar-refractivity contribution in [1.29, 1.82) is 0 Å². The van der Waals surface area contributed by atoms with E-state index in [1.807, 2.05) is 135 Å². The molecule has 10 aromatic rings. The SMILES string of the molecule is CC(=O)O.C[C@@H](OCc1ccc(CCCOCCOCCCc2ccc3c(c2)n(C)c(=O)n3C2CCC(=O)NC2=O)cc1)[C@H](CCC(N)=O)NC(=O)[C@@H]1Cc2cccc3c2N1C(=O)[C@@H](CC(=O)OCC1c2ccccc2-c2ccccc21)CC3.C[C@@H](OCc1ccc(CCCOCCOCCCc2ccc3c(c2)n(C)c(=O)n3C2CCC(=O)NC2=O)cc1)[C@H](CCC(N)=O)NC(=O)[C@@H]1Cc2cccc3c2N1C(=O)[C@@H](N)CC3. The lowest BCUT2D eigenvalue weighted by Gasteiger charge is -2.31. The minimum atomic E-state index is -0.862. The number of piperidine rings is 2. The Bertz CT molecular complexity index is 6550. The van der Waals surface area contributed by atoms with E-state index in [1.54, 1.807) is 33.0 Å². The normalized spacial score (nSPS) is 18.5. The van der Waals surface area contributed by atoms with Crippen molar-refractivity contribution in [3.63, 3.8) is 0 Å². The number of fused-ring (bicyclic) bond motifs is 5. The molecule has 6 aliphatic heterocycles. The van der Waals surface area contributed by atoms with Gasteiger partial charge < -0.3 is 66.1 Å². The van der Waals surface area contributed by atoms with E-state index in [0.717, 1.165) is 153 Å². The fourth-order valence-corrected chi connectivity index (χ4v) is 20.9. The fourth-order valence-electron chi connectivity index (χ4n) is 20.9. The molecule has 0 spiro atoms. The van der Waals surface area contributed by atoms with Crippen LogP contribution in [0, 0.1) is 5.92 Å². The quantitative estimate of drug-likeness (QED) is 0.00999. The van der Waals surface area contributed by atoms with Crippen LogP contribution in [0.1, 0.15) is 202 Å². The van der Waals surface area contributed by atoms with Gasteiger partial charge in [0.05, 0.1) is 110 Å². The number of hydrogen-bond acceptors (Lipinski definition) is 22. The Kier molecular flexibility index (Phi) is 36.8. The summed E-state index contributed by atoms with van der Waals surface area (Å²) in [6.45, 7) is 9.81. The number of imidazole rings is 2. The summed E-state index contributed by atoms with van der Waals surface area (Å²) in [7, 11) is 3.38. The van der Waals surface area contributed by atoms with E-state index >= 15 is 0 Å². The maximum Gasteiger partial charge on any atom is 0.329 e. The summed E-state index contributed by atoms with van der Waals surface area (Å²) in [5.41, 5.74) is 35.8. The second kappa shape index (κ2) is 50.4.